The molecule has 0 atom stereocenters. The van der Waals surface area contributed by atoms with Crippen LogP contribution in [-0.2, 0) is 0 Å². The molecule has 0 aliphatic carbocycles. The summed E-state index contributed by atoms with van der Waals surface area (Å²) in [7, 11) is 0. The highest BCUT2D eigenvalue weighted by Gasteiger charge is 2.33. The molecule has 1 saturated heterocycles. The Morgan fingerprint density at radius 3 is 2.67 bits per heavy atom. The average molecular weight is 283 g/mol. The molecule has 6 heteroatoms. The Balaban J connectivity index is 1.60. The van der Waals surface area contributed by atoms with Gasteiger partial charge < -0.3 is 10.2 Å². The molecule has 1 amide bonds. The lowest BCUT2D eigenvalue weighted by Gasteiger charge is -2.38. The molecule has 1 fully saturated rings. The number of likely N-dealkylation sites (tertiary alicyclic amines) is 1. The number of hydrogen-bond donors (Lipinski definition) is 1. The Bertz CT molecular complexity index is 608. The lowest BCUT2D eigenvalue weighted by atomic mass is 9.95. The third-order valence-electron chi connectivity index (χ3n) is 3.51. The van der Waals surface area contributed by atoms with E-state index in [1.807, 2.05) is 25.1 Å². The largest absolute Gasteiger partial charge is 0.355 e. The molecule has 1 N–H and O–H groups in total. The summed E-state index contributed by atoms with van der Waals surface area (Å²) in [6, 6.07) is 5.87. The van der Waals surface area contributed by atoms with Gasteiger partial charge >= 0.3 is 0 Å². The van der Waals surface area contributed by atoms with Crippen LogP contribution < -0.4 is 5.32 Å². The van der Waals surface area contributed by atoms with E-state index in [1.165, 1.54) is 0 Å². The highest BCUT2D eigenvalue weighted by atomic mass is 16.2. The highest BCUT2D eigenvalue weighted by Crippen LogP contribution is 2.26. The van der Waals surface area contributed by atoms with Gasteiger partial charge in [-0.2, -0.15) is 0 Å². The van der Waals surface area contributed by atoms with E-state index in [4.69, 9.17) is 0 Å². The molecule has 21 heavy (non-hydrogen) atoms. The fourth-order valence-corrected chi connectivity index (χ4v) is 2.32. The molecular weight excluding hydrogens is 266 g/mol. The van der Waals surface area contributed by atoms with Gasteiger partial charge in [-0.3, -0.25) is 9.78 Å². The zero-order valence-corrected chi connectivity index (χ0v) is 11.9. The van der Waals surface area contributed by atoms with Gasteiger partial charge in [0.15, 0.2) is 0 Å². The fraction of sp³-hybridized carbons (Fsp3) is 0.333. The summed E-state index contributed by atoms with van der Waals surface area (Å²) in [5.41, 5.74) is 1.57. The fourth-order valence-electron chi connectivity index (χ4n) is 2.32. The number of amides is 1. The standard InChI is InChI=1S/C15H17N5O/c1-2-16-15-18-7-11(8-19-15)14(21)20-9-12(10-20)13-5-3-4-6-17-13/h3-8,12H,2,9-10H2,1H3,(H,16,18,19). The lowest BCUT2D eigenvalue weighted by molar-refractivity contribution is 0.0598. The molecule has 0 radical (unpaired) electrons. The van der Waals surface area contributed by atoms with E-state index in [9.17, 15) is 4.79 Å². The third-order valence-corrected chi connectivity index (χ3v) is 3.51. The number of carbonyl (C=O) groups is 1. The zero-order valence-electron chi connectivity index (χ0n) is 11.9. The molecular formula is C15H17N5O. The van der Waals surface area contributed by atoms with Crippen LogP contribution in [0.3, 0.4) is 0 Å². The average Bonchev–Trinajstić information content (AvgIpc) is 2.48. The Morgan fingerprint density at radius 1 is 1.29 bits per heavy atom. The van der Waals surface area contributed by atoms with E-state index in [2.05, 4.69) is 20.3 Å². The molecule has 0 saturated carbocycles. The van der Waals surface area contributed by atoms with Crippen molar-refractivity contribution < 1.29 is 4.79 Å². The van der Waals surface area contributed by atoms with Gasteiger partial charge in [0, 0.05) is 49.8 Å². The monoisotopic (exact) mass is 283 g/mol. The predicted octanol–water partition coefficient (Wildman–Crippen LogP) is 1.54. The van der Waals surface area contributed by atoms with Crippen molar-refractivity contribution in [3.63, 3.8) is 0 Å². The highest BCUT2D eigenvalue weighted by molar-refractivity contribution is 5.94. The lowest BCUT2D eigenvalue weighted by Crippen LogP contribution is -2.48. The van der Waals surface area contributed by atoms with Crippen LogP contribution in [-0.4, -0.2) is 45.4 Å². The molecule has 3 rings (SSSR count). The summed E-state index contributed by atoms with van der Waals surface area (Å²) in [5, 5.41) is 3.00. The number of nitrogens with zero attached hydrogens (tertiary/aromatic N) is 4. The third kappa shape index (κ3) is 2.84. The van der Waals surface area contributed by atoms with Crippen molar-refractivity contribution in [2.24, 2.45) is 0 Å². The maximum absolute atomic E-state index is 12.3. The summed E-state index contributed by atoms with van der Waals surface area (Å²) >= 11 is 0. The number of anilines is 1. The number of pyridine rings is 1. The van der Waals surface area contributed by atoms with Crippen molar-refractivity contribution in [1.82, 2.24) is 19.9 Å². The van der Waals surface area contributed by atoms with Crippen LogP contribution in [0.1, 0.15) is 28.9 Å². The topological polar surface area (TPSA) is 71.0 Å². The normalized spacial score (nSPS) is 14.6. The van der Waals surface area contributed by atoms with E-state index in [1.54, 1.807) is 23.5 Å². The Kier molecular flexibility index (Phi) is 3.77. The number of aromatic nitrogens is 3. The van der Waals surface area contributed by atoms with Crippen molar-refractivity contribution in [2.75, 3.05) is 25.0 Å². The van der Waals surface area contributed by atoms with Crippen LogP contribution in [0.2, 0.25) is 0 Å². The quantitative estimate of drug-likeness (QED) is 0.921. The van der Waals surface area contributed by atoms with E-state index in [0.29, 0.717) is 30.5 Å². The zero-order chi connectivity index (χ0) is 14.7. The van der Waals surface area contributed by atoms with Gasteiger partial charge in [-0.1, -0.05) is 6.07 Å². The number of hydrogen-bond acceptors (Lipinski definition) is 5. The van der Waals surface area contributed by atoms with Crippen LogP contribution in [0.5, 0.6) is 0 Å². The van der Waals surface area contributed by atoms with Crippen LogP contribution in [0.25, 0.3) is 0 Å². The van der Waals surface area contributed by atoms with Crippen LogP contribution in [0, 0.1) is 0 Å². The van der Waals surface area contributed by atoms with E-state index in [-0.39, 0.29) is 5.91 Å². The Labute approximate surface area is 123 Å². The molecule has 0 bridgehead atoms. The van der Waals surface area contributed by atoms with E-state index < -0.39 is 0 Å². The summed E-state index contributed by atoms with van der Waals surface area (Å²) in [6.45, 7) is 4.13. The Hall–Kier alpha value is -2.50. The van der Waals surface area contributed by atoms with E-state index in [0.717, 1.165) is 12.2 Å². The molecule has 1 aliphatic heterocycles. The molecule has 1 aliphatic rings. The van der Waals surface area contributed by atoms with Gasteiger partial charge in [0.25, 0.3) is 5.91 Å². The molecule has 108 valence electrons. The minimum atomic E-state index is -0.0229. The van der Waals surface area contributed by atoms with Gasteiger partial charge in [0.2, 0.25) is 5.95 Å². The number of carbonyl (C=O) groups excluding carboxylic acids is 1. The first-order valence-electron chi connectivity index (χ1n) is 7.04. The second-order valence-corrected chi connectivity index (χ2v) is 4.99. The molecule has 0 spiro atoms. The second kappa shape index (κ2) is 5.87. The first kappa shape index (κ1) is 13.5. The van der Waals surface area contributed by atoms with Crippen LogP contribution in [0.15, 0.2) is 36.8 Å². The second-order valence-electron chi connectivity index (χ2n) is 4.99. The molecule has 0 aromatic carbocycles. The van der Waals surface area contributed by atoms with Gasteiger partial charge in [-0.25, -0.2) is 9.97 Å². The minimum Gasteiger partial charge on any atom is -0.355 e. The molecule has 3 heterocycles. The number of rotatable bonds is 4. The number of nitrogens with one attached hydrogen (secondary N) is 1. The van der Waals surface area contributed by atoms with Crippen LogP contribution in [0.4, 0.5) is 5.95 Å². The Morgan fingerprint density at radius 2 is 2.05 bits per heavy atom. The van der Waals surface area contributed by atoms with Gasteiger partial charge in [-0.05, 0) is 19.1 Å². The maximum atomic E-state index is 12.3. The van der Waals surface area contributed by atoms with Crippen LogP contribution >= 0.6 is 0 Å². The molecule has 2 aromatic rings. The van der Waals surface area contributed by atoms with Gasteiger partial charge in [0.1, 0.15) is 0 Å². The molecule has 6 nitrogen and oxygen atoms in total. The SMILES string of the molecule is CCNc1ncc(C(=O)N2CC(c3ccccn3)C2)cn1. The first-order chi connectivity index (χ1) is 10.3. The van der Waals surface area contributed by atoms with Gasteiger partial charge in [0.05, 0.1) is 5.56 Å². The maximum Gasteiger partial charge on any atom is 0.257 e. The van der Waals surface area contributed by atoms with Crippen molar-refractivity contribution >= 4 is 11.9 Å². The predicted molar refractivity (Wildman–Crippen MR) is 79.1 cm³/mol. The first-order valence-corrected chi connectivity index (χ1v) is 7.04. The van der Waals surface area contributed by atoms with Gasteiger partial charge in [-0.15, -0.1) is 0 Å². The van der Waals surface area contributed by atoms with Crippen molar-refractivity contribution in [3.8, 4) is 0 Å². The molecule has 2 aromatic heterocycles. The van der Waals surface area contributed by atoms with Crippen molar-refractivity contribution in [2.45, 2.75) is 12.8 Å². The summed E-state index contributed by atoms with van der Waals surface area (Å²) < 4.78 is 0. The van der Waals surface area contributed by atoms with E-state index >= 15 is 0 Å². The smallest absolute Gasteiger partial charge is 0.257 e. The molecule has 0 unspecified atom stereocenters. The summed E-state index contributed by atoms with van der Waals surface area (Å²) in [4.78, 5) is 26.7. The van der Waals surface area contributed by atoms with Crippen molar-refractivity contribution in [3.05, 3.63) is 48.0 Å². The van der Waals surface area contributed by atoms with Crippen molar-refractivity contribution in [1.29, 1.82) is 0 Å². The minimum absolute atomic E-state index is 0.0229. The summed E-state index contributed by atoms with van der Waals surface area (Å²) in [5.74, 6) is 0.853. The summed E-state index contributed by atoms with van der Waals surface area (Å²) in [6.07, 6.45) is 4.93.